The summed E-state index contributed by atoms with van der Waals surface area (Å²) in [5.74, 6) is -0.732. The quantitative estimate of drug-likeness (QED) is 0.912. The first-order chi connectivity index (χ1) is 9.88. The van der Waals surface area contributed by atoms with Gasteiger partial charge in [-0.1, -0.05) is 24.3 Å². The summed E-state index contributed by atoms with van der Waals surface area (Å²) in [6, 6.07) is 10.7. The van der Waals surface area contributed by atoms with Gasteiger partial charge >= 0.3 is 6.18 Å². The number of phenols is 1. The average Bonchev–Trinajstić information content (AvgIpc) is 2.45. The van der Waals surface area contributed by atoms with Crippen LogP contribution in [0.25, 0.3) is 0 Å². The fourth-order valence-corrected chi connectivity index (χ4v) is 1.80. The molecule has 0 saturated heterocycles. The van der Waals surface area contributed by atoms with E-state index in [0.29, 0.717) is 5.56 Å². The van der Waals surface area contributed by atoms with E-state index in [1.165, 1.54) is 24.3 Å². The smallest absolute Gasteiger partial charge is 0.416 e. The van der Waals surface area contributed by atoms with E-state index < -0.39 is 17.6 Å². The summed E-state index contributed by atoms with van der Waals surface area (Å²) in [5, 5.41) is 12.0. The van der Waals surface area contributed by atoms with Crippen molar-refractivity contribution in [3.8, 4) is 5.75 Å². The monoisotopic (exact) mass is 295 g/mol. The molecule has 0 aliphatic heterocycles. The third kappa shape index (κ3) is 3.75. The molecule has 0 heterocycles. The second-order valence-corrected chi connectivity index (χ2v) is 4.40. The number of alkyl halides is 3. The highest BCUT2D eigenvalue weighted by molar-refractivity contribution is 5.96. The van der Waals surface area contributed by atoms with Crippen LogP contribution in [0.1, 0.15) is 21.5 Å². The van der Waals surface area contributed by atoms with E-state index in [0.717, 1.165) is 12.1 Å². The number of amides is 1. The minimum Gasteiger partial charge on any atom is -0.507 e. The van der Waals surface area contributed by atoms with Crippen molar-refractivity contribution in [2.24, 2.45) is 0 Å². The number of benzene rings is 2. The zero-order chi connectivity index (χ0) is 15.5. The van der Waals surface area contributed by atoms with E-state index in [1.807, 2.05) is 0 Å². The summed E-state index contributed by atoms with van der Waals surface area (Å²) in [5.41, 5.74) is -0.366. The average molecular weight is 295 g/mol. The molecule has 0 fully saturated rings. The van der Waals surface area contributed by atoms with Crippen molar-refractivity contribution in [1.82, 2.24) is 5.32 Å². The lowest BCUT2D eigenvalue weighted by molar-refractivity contribution is -0.137. The van der Waals surface area contributed by atoms with Gasteiger partial charge in [-0.3, -0.25) is 4.79 Å². The molecule has 2 aromatic carbocycles. The molecule has 0 atom stereocenters. The second-order valence-electron chi connectivity index (χ2n) is 4.40. The van der Waals surface area contributed by atoms with Crippen LogP contribution in [0, 0.1) is 0 Å². The van der Waals surface area contributed by atoms with Crippen LogP contribution in [0.5, 0.6) is 5.75 Å². The lowest BCUT2D eigenvalue weighted by Crippen LogP contribution is -2.23. The summed E-state index contributed by atoms with van der Waals surface area (Å²) in [6.07, 6.45) is -4.42. The van der Waals surface area contributed by atoms with Crippen molar-refractivity contribution in [3.63, 3.8) is 0 Å². The van der Waals surface area contributed by atoms with Gasteiger partial charge < -0.3 is 10.4 Å². The highest BCUT2D eigenvalue weighted by Gasteiger charge is 2.30. The van der Waals surface area contributed by atoms with Crippen molar-refractivity contribution in [1.29, 1.82) is 0 Å². The minimum absolute atomic E-state index is 0.0584. The van der Waals surface area contributed by atoms with Gasteiger partial charge in [0.25, 0.3) is 5.91 Å². The SMILES string of the molecule is O=C(NCc1cccc(C(F)(F)F)c1)c1ccccc1O. The van der Waals surface area contributed by atoms with Crippen molar-refractivity contribution >= 4 is 5.91 Å². The van der Waals surface area contributed by atoms with Gasteiger partial charge in [-0.15, -0.1) is 0 Å². The summed E-state index contributed by atoms with van der Waals surface area (Å²) in [4.78, 5) is 11.8. The van der Waals surface area contributed by atoms with Crippen LogP contribution >= 0.6 is 0 Å². The Morgan fingerprint density at radius 3 is 2.48 bits per heavy atom. The Hall–Kier alpha value is -2.50. The summed E-state index contributed by atoms with van der Waals surface area (Å²) in [6.45, 7) is -0.0584. The lowest BCUT2D eigenvalue weighted by atomic mass is 10.1. The Balaban J connectivity index is 2.07. The molecule has 0 spiro atoms. The zero-order valence-corrected chi connectivity index (χ0v) is 10.8. The van der Waals surface area contributed by atoms with Gasteiger partial charge in [0.1, 0.15) is 5.75 Å². The number of phenolic OH excluding ortho intramolecular Hbond substituents is 1. The number of aromatic hydroxyl groups is 1. The number of para-hydroxylation sites is 1. The zero-order valence-electron chi connectivity index (χ0n) is 10.8. The van der Waals surface area contributed by atoms with Crippen molar-refractivity contribution in [2.45, 2.75) is 12.7 Å². The second kappa shape index (κ2) is 5.87. The number of halogens is 3. The van der Waals surface area contributed by atoms with Gasteiger partial charge in [0, 0.05) is 6.54 Å². The fourth-order valence-electron chi connectivity index (χ4n) is 1.80. The molecule has 0 saturated carbocycles. The van der Waals surface area contributed by atoms with Crippen molar-refractivity contribution in [2.75, 3.05) is 0 Å². The molecule has 0 aromatic heterocycles. The van der Waals surface area contributed by atoms with Gasteiger partial charge in [0.2, 0.25) is 0 Å². The molecule has 0 radical (unpaired) electrons. The summed E-state index contributed by atoms with van der Waals surface area (Å²) >= 11 is 0. The Labute approximate surface area is 119 Å². The Bertz CT molecular complexity index is 653. The summed E-state index contributed by atoms with van der Waals surface area (Å²) in [7, 11) is 0. The van der Waals surface area contributed by atoms with Gasteiger partial charge in [-0.2, -0.15) is 13.2 Å². The highest BCUT2D eigenvalue weighted by Crippen LogP contribution is 2.29. The van der Waals surface area contributed by atoms with Crippen LogP contribution in [0.4, 0.5) is 13.2 Å². The molecular formula is C15H12F3NO2. The molecule has 21 heavy (non-hydrogen) atoms. The molecule has 6 heteroatoms. The minimum atomic E-state index is -4.42. The number of hydrogen-bond donors (Lipinski definition) is 2. The molecule has 0 aliphatic rings. The first kappa shape index (κ1) is 14.9. The molecule has 0 aliphatic carbocycles. The molecule has 2 rings (SSSR count). The number of nitrogens with one attached hydrogen (secondary N) is 1. The Morgan fingerprint density at radius 2 is 1.81 bits per heavy atom. The van der Waals surface area contributed by atoms with Gasteiger partial charge in [0.05, 0.1) is 11.1 Å². The van der Waals surface area contributed by atoms with Crippen LogP contribution in [0.3, 0.4) is 0 Å². The van der Waals surface area contributed by atoms with Crippen LogP contribution < -0.4 is 5.32 Å². The maximum absolute atomic E-state index is 12.6. The summed E-state index contributed by atoms with van der Waals surface area (Å²) < 4.78 is 37.7. The molecule has 0 unspecified atom stereocenters. The number of rotatable bonds is 3. The maximum atomic E-state index is 12.6. The molecule has 110 valence electrons. The Morgan fingerprint density at radius 1 is 1.10 bits per heavy atom. The first-order valence-corrected chi connectivity index (χ1v) is 6.10. The van der Waals surface area contributed by atoms with E-state index in [2.05, 4.69) is 5.32 Å². The largest absolute Gasteiger partial charge is 0.507 e. The van der Waals surface area contributed by atoms with E-state index in [1.54, 1.807) is 12.1 Å². The van der Waals surface area contributed by atoms with Crippen LogP contribution in [0.15, 0.2) is 48.5 Å². The van der Waals surface area contributed by atoms with E-state index >= 15 is 0 Å². The van der Waals surface area contributed by atoms with E-state index in [4.69, 9.17) is 0 Å². The molecular weight excluding hydrogens is 283 g/mol. The highest BCUT2D eigenvalue weighted by atomic mass is 19.4. The van der Waals surface area contributed by atoms with E-state index in [9.17, 15) is 23.1 Å². The maximum Gasteiger partial charge on any atom is 0.416 e. The van der Waals surface area contributed by atoms with Gasteiger partial charge in [0.15, 0.2) is 0 Å². The van der Waals surface area contributed by atoms with Gasteiger partial charge in [-0.05, 0) is 29.8 Å². The predicted octanol–water partition coefficient (Wildman–Crippen LogP) is 3.34. The Kier molecular flexibility index (Phi) is 4.16. The van der Waals surface area contributed by atoms with Crippen molar-refractivity contribution < 1.29 is 23.1 Å². The molecule has 2 aromatic rings. The van der Waals surface area contributed by atoms with Gasteiger partial charge in [-0.25, -0.2) is 0 Å². The normalized spacial score (nSPS) is 11.2. The van der Waals surface area contributed by atoms with Crippen LogP contribution in [-0.4, -0.2) is 11.0 Å². The molecule has 0 bridgehead atoms. The number of carbonyl (C=O) groups is 1. The number of carbonyl (C=O) groups excluding carboxylic acids is 1. The lowest BCUT2D eigenvalue weighted by Gasteiger charge is -2.10. The molecule has 1 amide bonds. The third-order valence-electron chi connectivity index (χ3n) is 2.86. The number of hydrogen-bond acceptors (Lipinski definition) is 2. The standard InChI is InChI=1S/C15H12F3NO2/c16-15(17,18)11-5-3-4-10(8-11)9-19-14(21)12-6-1-2-7-13(12)20/h1-8,20H,9H2,(H,19,21). The predicted molar refractivity (Wildman–Crippen MR) is 70.7 cm³/mol. The van der Waals surface area contributed by atoms with Crippen LogP contribution in [-0.2, 0) is 12.7 Å². The topological polar surface area (TPSA) is 49.3 Å². The van der Waals surface area contributed by atoms with Crippen molar-refractivity contribution in [3.05, 3.63) is 65.2 Å². The first-order valence-electron chi connectivity index (χ1n) is 6.10. The molecule has 2 N–H and O–H groups in total. The van der Waals surface area contributed by atoms with E-state index in [-0.39, 0.29) is 17.9 Å². The fraction of sp³-hybridized carbons (Fsp3) is 0.133. The van der Waals surface area contributed by atoms with Crippen LogP contribution in [0.2, 0.25) is 0 Å². The molecule has 3 nitrogen and oxygen atoms in total. The third-order valence-corrected chi connectivity index (χ3v) is 2.86.